The van der Waals surface area contributed by atoms with Crippen molar-refractivity contribution in [2.45, 2.75) is 19.4 Å². The van der Waals surface area contributed by atoms with Crippen LogP contribution in [0.25, 0.3) is 10.6 Å². The van der Waals surface area contributed by atoms with Crippen LogP contribution in [0.3, 0.4) is 0 Å². The Hall–Kier alpha value is -2.51. The summed E-state index contributed by atoms with van der Waals surface area (Å²) in [4.78, 5) is 30.2. The molecular formula is C19H16N2O3S2. The molecule has 4 rings (SSSR count). The largest absolute Gasteiger partial charge is 0.456 e. The normalized spacial score (nSPS) is 14.0. The molecule has 0 saturated carbocycles. The lowest BCUT2D eigenvalue weighted by Gasteiger charge is -2.15. The van der Waals surface area contributed by atoms with E-state index in [1.54, 1.807) is 40.5 Å². The van der Waals surface area contributed by atoms with Crippen molar-refractivity contribution in [3.05, 3.63) is 57.7 Å². The van der Waals surface area contributed by atoms with Gasteiger partial charge in [-0.05, 0) is 42.1 Å². The van der Waals surface area contributed by atoms with Gasteiger partial charge >= 0.3 is 5.97 Å². The van der Waals surface area contributed by atoms with Crippen molar-refractivity contribution in [3.8, 4) is 10.6 Å². The number of aromatic nitrogens is 1. The molecule has 3 aromatic rings. The fourth-order valence-corrected chi connectivity index (χ4v) is 4.33. The Kier molecular flexibility index (Phi) is 4.81. The van der Waals surface area contributed by atoms with Crippen LogP contribution in [0.2, 0.25) is 0 Å². The lowest BCUT2D eigenvalue weighted by Crippen LogP contribution is -2.23. The van der Waals surface area contributed by atoms with Crippen molar-refractivity contribution in [2.24, 2.45) is 0 Å². The molecule has 3 heterocycles. The summed E-state index contributed by atoms with van der Waals surface area (Å²) in [6, 6.07) is 8.99. The molecular weight excluding hydrogens is 368 g/mol. The van der Waals surface area contributed by atoms with E-state index in [2.05, 4.69) is 4.98 Å². The number of carbonyl (C=O) groups is 2. The van der Waals surface area contributed by atoms with Gasteiger partial charge in [-0.1, -0.05) is 0 Å². The quantitative estimate of drug-likeness (QED) is 0.614. The van der Waals surface area contributed by atoms with Crippen LogP contribution in [-0.2, 0) is 16.1 Å². The smallest absolute Gasteiger partial charge is 0.338 e. The van der Waals surface area contributed by atoms with E-state index in [0.29, 0.717) is 12.0 Å². The van der Waals surface area contributed by atoms with Gasteiger partial charge in [-0.25, -0.2) is 9.78 Å². The van der Waals surface area contributed by atoms with Crippen LogP contribution in [0.4, 0.5) is 5.69 Å². The molecule has 0 aliphatic carbocycles. The number of hydrogen-bond acceptors (Lipinski definition) is 6. The molecule has 0 spiro atoms. The molecule has 1 saturated heterocycles. The second-order valence-corrected chi connectivity index (χ2v) is 7.57. The highest BCUT2D eigenvalue weighted by atomic mass is 32.1. The Morgan fingerprint density at radius 2 is 2.04 bits per heavy atom. The minimum Gasteiger partial charge on any atom is -0.456 e. The number of anilines is 1. The first-order valence-electron chi connectivity index (χ1n) is 8.25. The summed E-state index contributed by atoms with van der Waals surface area (Å²) < 4.78 is 5.36. The number of thiophene rings is 1. The van der Waals surface area contributed by atoms with Crippen molar-refractivity contribution in [2.75, 3.05) is 11.4 Å². The van der Waals surface area contributed by atoms with Crippen LogP contribution < -0.4 is 4.90 Å². The number of thiazole rings is 1. The molecule has 0 bridgehead atoms. The molecule has 132 valence electrons. The van der Waals surface area contributed by atoms with Crippen LogP contribution in [0, 0.1) is 0 Å². The third-order valence-corrected chi connectivity index (χ3v) is 5.78. The first-order chi connectivity index (χ1) is 12.7. The molecule has 1 aromatic carbocycles. The zero-order valence-electron chi connectivity index (χ0n) is 13.9. The van der Waals surface area contributed by atoms with Crippen molar-refractivity contribution in [3.63, 3.8) is 0 Å². The average Bonchev–Trinajstić information content (AvgIpc) is 3.41. The highest BCUT2D eigenvalue weighted by molar-refractivity contribution is 7.14. The summed E-state index contributed by atoms with van der Waals surface area (Å²) >= 11 is 3.16. The fraction of sp³-hybridized carbons (Fsp3) is 0.211. The Morgan fingerprint density at radius 3 is 2.73 bits per heavy atom. The first kappa shape index (κ1) is 16.9. The molecule has 1 aliphatic rings. The van der Waals surface area contributed by atoms with Crippen LogP contribution in [0.5, 0.6) is 0 Å². The van der Waals surface area contributed by atoms with Gasteiger partial charge in [-0.3, -0.25) is 4.79 Å². The maximum atomic E-state index is 12.2. The van der Waals surface area contributed by atoms with Gasteiger partial charge in [-0.15, -0.1) is 11.3 Å². The summed E-state index contributed by atoms with van der Waals surface area (Å²) in [5.74, 6) is -0.264. The molecule has 0 atom stereocenters. The SMILES string of the molecule is O=C(OCc1csc(-c2ccsc2)n1)c1ccc(N2CCCC2=O)cc1. The number of nitrogens with zero attached hydrogens (tertiary/aromatic N) is 2. The van der Waals surface area contributed by atoms with E-state index >= 15 is 0 Å². The van der Waals surface area contributed by atoms with E-state index in [1.807, 2.05) is 22.2 Å². The number of amides is 1. The van der Waals surface area contributed by atoms with Gasteiger partial charge in [0.2, 0.25) is 5.91 Å². The Morgan fingerprint density at radius 1 is 1.19 bits per heavy atom. The first-order valence-corrected chi connectivity index (χ1v) is 10.1. The molecule has 0 N–H and O–H groups in total. The molecule has 26 heavy (non-hydrogen) atoms. The van der Waals surface area contributed by atoms with Crippen molar-refractivity contribution in [1.29, 1.82) is 0 Å². The minimum absolute atomic E-state index is 0.130. The highest BCUT2D eigenvalue weighted by Gasteiger charge is 2.21. The fourth-order valence-electron chi connectivity index (χ4n) is 2.81. The number of hydrogen-bond donors (Lipinski definition) is 0. The predicted molar refractivity (Wildman–Crippen MR) is 103 cm³/mol. The molecule has 1 aliphatic heterocycles. The summed E-state index contributed by atoms with van der Waals surface area (Å²) in [5.41, 5.74) is 3.12. The monoisotopic (exact) mass is 384 g/mol. The van der Waals surface area contributed by atoms with Crippen molar-refractivity contribution < 1.29 is 14.3 Å². The maximum absolute atomic E-state index is 12.2. The summed E-state index contributed by atoms with van der Waals surface area (Å²) in [6.45, 7) is 0.880. The third-order valence-electron chi connectivity index (χ3n) is 4.16. The minimum atomic E-state index is -0.394. The van der Waals surface area contributed by atoms with Gasteiger partial charge in [0.1, 0.15) is 11.6 Å². The summed E-state index contributed by atoms with van der Waals surface area (Å²) in [6.07, 6.45) is 1.47. The van der Waals surface area contributed by atoms with E-state index in [1.165, 1.54) is 11.3 Å². The van der Waals surface area contributed by atoms with Crippen molar-refractivity contribution in [1.82, 2.24) is 4.98 Å². The number of ether oxygens (including phenoxy) is 1. The maximum Gasteiger partial charge on any atom is 0.338 e. The molecule has 0 unspecified atom stereocenters. The number of esters is 1. The van der Waals surface area contributed by atoms with E-state index in [-0.39, 0.29) is 12.5 Å². The highest BCUT2D eigenvalue weighted by Crippen LogP contribution is 2.26. The van der Waals surface area contributed by atoms with E-state index in [0.717, 1.165) is 34.9 Å². The number of benzene rings is 1. The van der Waals surface area contributed by atoms with E-state index < -0.39 is 5.97 Å². The van der Waals surface area contributed by atoms with Gasteiger partial charge in [0, 0.05) is 35.0 Å². The van der Waals surface area contributed by atoms with E-state index in [9.17, 15) is 9.59 Å². The topological polar surface area (TPSA) is 59.5 Å². The second-order valence-electron chi connectivity index (χ2n) is 5.93. The van der Waals surface area contributed by atoms with Crippen LogP contribution in [-0.4, -0.2) is 23.4 Å². The van der Waals surface area contributed by atoms with Gasteiger partial charge in [-0.2, -0.15) is 11.3 Å². The van der Waals surface area contributed by atoms with Gasteiger partial charge in [0.25, 0.3) is 0 Å². The molecule has 0 radical (unpaired) electrons. The van der Waals surface area contributed by atoms with Crippen LogP contribution in [0.1, 0.15) is 28.9 Å². The summed E-state index contributed by atoms with van der Waals surface area (Å²) in [7, 11) is 0. The average molecular weight is 384 g/mol. The standard InChI is InChI=1S/C19H16N2O3S2/c22-17-2-1-8-21(17)16-5-3-13(4-6-16)19(23)24-10-15-12-26-18(20-15)14-7-9-25-11-14/h3-7,9,11-12H,1-2,8,10H2. The zero-order chi connectivity index (χ0) is 17.9. The Labute approximate surface area is 158 Å². The van der Waals surface area contributed by atoms with Gasteiger partial charge in [0.15, 0.2) is 0 Å². The number of carbonyl (C=O) groups excluding carboxylic acids is 2. The third kappa shape index (κ3) is 3.54. The lowest BCUT2D eigenvalue weighted by molar-refractivity contribution is -0.117. The lowest BCUT2D eigenvalue weighted by atomic mass is 10.2. The molecule has 2 aromatic heterocycles. The van der Waals surface area contributed by atoms with Crippen LogP contribution in [0.15, 0.2) is 46.5 Å². The summed E-state index contributed by atoms with van der Waals surface area (Å²) in [5, 5.41) is 6.89. The Balaban J connectivity index is 1.37. The molecule has 5 nitrogen and oxygen atoms in total. The zero-order valence-corrected chi connectivity index (χ0v) is 15.5. The van der Waals surface area contributed by atoms with Gasteiger partial charge < -0.3 is 9.64 Å². The molecule has 7 heteroatoms. The second kappa shape index (κ2) is 7.39. The van der Waals surface area contributed by atoms with Gasteiger partial charge in [0.05, 0.1) is 11.3 Å². The Bertz CT molecular complexity index is 917. The van der Waals surface area contributed by atoms with Crippen molar-refractivity contribution >= 4 is 40.2 Å². The molecule has 1 fully saturated rings. The molecule has 1 amide bonds. The van der Waals surface area contributed by atoms with E-state index in [4.69, 9.17) is 4.74 Å². The number of rotatable bonds is 5. The predicted octanol–water partition coefficient (Wildman–Crippen LogP) is 4.36. The van der Waals surface area contributed by atoms with Crippen LogP contribution >= 0.6 is 22.7 Å².